The van der Waals surface area contributed by atoms with Crippen LogP contribution in [0.1, 0.15) is 25.7 Å². The second-order valence-corrected chi connectivity index (χ2v) is 6.03. The molecule has 3 rings (SSSR count). The Labute approximate surface area is 119 Å². The van der Waals surface area contributed by atoms with Gasteiger partial charge in [0.1, 0.15) is 5.54 Å². The molecular weight excluding hydrogens is 252 g/mol. The van der Waals surface area contributed by atoms with E-state index in [-0.39, 0.29) is 0 Å². The van der Waals surface area contributed by atoms with Gasteiger partial charge in [0.2, 0.25) is 0 Å². The fourth-order valence-electron chi connectivity index (χ4n) is 2.91. The van der Waals surface area contributed by atoms with Crippen LogP contribution < -0.4 is 10.2 Å². The van der Waals surface area contributed by atoms with Gasteiger partial charge in [0.05, 0.1) is 0 Å². The monoisotopic (exact) mass is 274 g/mol. The average molecular weight is 274 g/mol. The maximum absolute atomic E-state index is 11.7. The molecule has 0 aromatic heterocycles. The van der Waals surface area contributed by atoms with E-state index in [9.17, 15) is 9.90 Å². The molecule has 0 radical (unpaired) electrons. The summed E-state index contributed by atoms with van der Waals surface area (Å²) in [5.41, 5.74) is 0.474. The molecule has 2 fully saturated rings. The van der Waals surface area contributed by atoms with Crippen LogP contribution in [-0.4, -0.2) is 36.2 Å². The van der Waals surface area contributed by atoms with Gasteiger partial charge in [0.15, 0.2) is 0 Å². The molecule has 20 heavy (non-hydrogen) atoms. The van der Waals surface area contributed by atoms with E-state index < -0.39 is 11.5 Å². The third-order valence-corrected chi connectivity index (χ3v) is 4.57. The summed E-state index contributed by atoms with van der Waals surface area (Å²) >= 11 is 0. The Hall–Kier alpha value is -1.55. The van der Waals surface area contributed by atoms with E-state index in [0.717, 1.165) is 19.6 Å². The van der Waals surface area contributed by atoms with Crippen molar-refractivity contribution in [2.75, 3.05) is 24.5 Å². The van der Waals surface area contributed by atoms with E-state index in [2.05, 4.69) is 22.3 Å². The molecule has 0 atom stereocenters. The van der Waals surface area contributed by atoms with Crippen molar-refractivity contribution in [1.29, 1.82) is 0 Å². The topological polar surface area (TPSA) is 52.6 Å². The maximum atomic E-state index is 11.7. The minimum atomic E-state index is -0.714. The van der Waals surface area contributed by atoms with Crippen molar-refractivity contribution in [3.05, 3.63) is 30.3 Å². The van der Waals surface area contributed by atoms with Gasteiger partial charge in [-0.1, -0.05) is 18.2 Å². The van der Waals surface area contributed by atoms with Gasteiger partial charge in [-0.2, -0.15) is 0 Å². The molecule has 1 saturated heterocycles. The molecule has 4 nitrogen and oxygen atoms in total. The molecule has 1 saturated carbocycles. The van der Waals surface area contributed by atoms with Gasteiger partial charge in [-0.3, -0.25) is 4.79 Å². The van der Waals surface area contributed by atoms with E-state index in [1.54, 1.807) is 0 Å². The number of rotatable bonds is 5. The number of benzene rings is 1. The third-order valence-electron chi connectivity index (χ3n) is 4.57. The number of para-hydroxylation sites is 1. The van der Waals surface area contributed by atoms with Crippen molar-refractivity contribution in [2.24, 2.45) is 5.92 Å². The van der Waals surface area contributed by atoms with Crippen LogP contribution in [-0.2, 0) is 4.79 Å². The lowest BCUT2D eigenvalue weighted by atomic mass is 9.87. The molecule has 1 aliphatic carbocycles. The molecule has 4 heteroatoms. The number of carboxylic acid groups (broad SMARTS) is 1. The lowest BCUT2D eigenvalue weighted by Gasteiger charge is -2.40. The van der Waals surface area contributed by atoms with Gasteiger partial charge in [0, 0.05) is 18.8 Å². The molecule has 0 bridgehead atoms. The van der Waals surface area contributed by atoms with Gasteiger partial charge in [0.25, 0.3) is 0 Å². The Kier molecular flexibility index (Phi) is 3.66. The largest absolute Gasteiger partial charge is 0.480 e. The Morgan fingerprint density at radius 3 is 2.45 bits per heavy atom. The predicted octanol–water partition coefficient (Wildman–Crippen LogP) is 2.11. The Bertz CT molecular complexity index is 463. The van der Waals surface area contributed by atoms with Crippen LogP contribution in [0.3, 0.4) is 0 Å². The second kappa shape index (κ2) is 5.44. The van der Waals surface area contributed by atoms with E-state index in [1.165, 1.54) is 18.5 Å². The summed E-state index contributed by atoms with van der Waals surface area (Å²) in [7, 11) is 0. The first-order valence-electron chi connectivity index (χ1n) is 7.48. The fraction of sp³-hybridized carbons (Fsp3) is 0.562. The van der Waals surface area contributed by atoms with Gasteiger partial charge in [-0.15, -0.1) is 0 Å². The number of aliphatic carboxylic acids is 1. The highest BCUT2D eigenvalue weighted by molar-refractivity contribution is 5.79. The maximum Gasteiger partial charge on any atom is 0.324 e. The van der Waals surface area contributed by atoms with Crippen LogP contribution in [0.5, 0.6) is 0 Å². The summed E-state index contributed by atoms with van der Waals surface area (Å²) in [5.74, 6) is 0.0178. The van der Waals surface area contributed by atoms with Gasteiger partial charge >= 0.3 is 5.97 Å². The van der Waals surface area contributed by atoms with Crippen LogP contribution in [0.4, 0.5) is 5.69 Å². The van der Waals surface area contributed by atoms with Crippen LogP contribution >= 0.6 is 0 Å². The van der Waals surface area contributed by atoms with Crippen molar-refractivity contribution >= 4 is 11.7 Å². The van der Waals surface area contributed by atoms with Crippen LogP contribution in [0, 0.1) is 5.92 Å². The Morgan fingerprint density at radius 2 is 1.90 bits per heavy atom. The molecule has 0 spiro atoms. The number of hydrogen-bond acceptors (Lipinski definition) is 3. The summed E-state index contributed by atoms with van der Waals surface area (Å²) in [6, 6.07) is 10.2. The predicted molar refractivity (Wildman–Crippen MR) is 79.0 cm³/mol. The number of piperidine rings is 1. The molecule has 1 aromatic rings. The van der Waals surface area contributed by atoms with Crippen LogP contribution in [0.2, 0.25) is 0 Å². The van der Waals surface area contributed by atoms with Gasteiger partial charge in [-0.05, 0) is 50.3 Å². The number of carboxylic acids is 1. The number of nitrogens with zero attached hydrogens (tertiary/aromatic N) is 1. The highest BCUT2D eigenvalue weighted by Crippen LogP contribution is 2.31. The summed E-state index contributed by atoms with van der Waals surface area (Å²) in [6.45, 7) is 2.46. The van der Waals surface area contributed by atoms with E-state index in [0.29, 0.717) is 18.8 Å². The molecule has 1 heterocycles. The van der Waals surface area contributed by atoms with E-state index >= 15 is 0 Å². The van der Waals surface area contributed by atoms with Crippen molar-refractivity contribution in [1.82, 2.24) is 5.32 Å². The molecule has 2 aliphatic rings. The molecule has 2 N–H and O–H groups in total. The number of nitrogens with one attached hydrogen (secondary N) is 1. The molecule has 1 aliphatic heterocycles. The zero-order valence-corrected chi connectivity index (χ0v) is 11.7. The quantitative estimate of drug-likeness (QED) is 0.863. The fourth-order valence-corrected chi connectivity index (χ4v) is 2.91. The highest BCUT2D eigenvalue weighted by Gasteiger charge is 2.42. The molecule has 108 valence electrons. The van der Waals surface area contributed by atoms with Gasteiger partial charge in [-0.25, -0.2) is 0 Å². The average Bonchev–Trinajstić information content (AvgIpc) is 3.31. The Morgan fingerprint density at radius 1 is 1.25 bits per heavy atom. The standard InChI is InChI=1S/C16H22N2O2/c19-15(20)16(17-12-13-6-7-13)8-10-18(11-9-16)14-4-2-1-3-5-14/h1-5,13,17H,6-12H2,(H,19,20). The van der Waals surface area contributed by atoms with E-state index in [4.69, 9.17) is 0 Å². The normalized spacial score (nSPS) is 21.7. The highest BCUT2D eigenvalue weighted by atomic mass is 16.4. The van der Waals surface area contributed by atoms with E-state index in [1.807, 2.05) is 18.2 Å². The zero-order chi connectivity index (χ0) is 14.0. The lowest BCUT2D eigenvalue weighted by Crippen LogP contribution is -2.59. The first kappa shape index (κ1) is 13.4. The first-order chi connectivity index (χ1) is 9.70. The smallest absolute Gasteiger partial charge is 0.324 e. The molecular formula is C16H22N2O2. The van der Waals surface area contributed by atoms with Gasteiger partial charge < -0.3 is 15.3 Å². The van der Waals surface area contributed by atoms with Crippen molar-refractivity contribution in [3.8, 4) is 0 Å². The SMILES string of the molecule is O=C(O)C1(NCC2CC2)CCN(c2ccccc2)CC1. The number of hydrogen-bond donors (Lipinski definition) is 2. The summed E-state index contributed by atoms with van der Waals surface area (Å²) in [5, 5.41) is 12.9. The van der Waals surface area contributed by atoms with Crippen molar-refractivity contribution in [2.45, 2.75) is 31.2 Å². The minimum absolute atomic E-state index is 0.671. The minimum Gasteiger partial charge on any atom is -0.480 e. The summed E-state index contributed by atoms with van der Waals surface area (Å²) < 4.78 is 0. The number of carbonyl (C=O) groups is 1. The Balaban J connectivity index is 1.63. The molecule has 0 amide bonds. The van der Waals surface area contributed by atoms with Crippen molar-refractivity contribution in [3.63, 3.8) is 0 Å². The number of anilines is 1. The van der Waals surface area contributed by atoms with Crippen molar-refractivity contribution < 1.29 is 9.90 Å². The molecule has 1 aromatic carbocycles. The third kappa shape index (κ3) is 2.80. The summed E-state index contributed by atoms with van der Waals surface area (Å²) in [4.78, 5) is 13.9. The molecule has 0 unspecified atom stereocenters. The van der Waals surface area contributed by atoms with Crippen LogP contribution in [0.15, 0.2) is 30.3 Å². The summed E-state index contributed by atoms with van der Waals surface area (Å²) in [6.07, 6.45) is 3.84. The lowest BCUT2D eigenvalue weighted by molar-refractivity contribution is -0.145. The first-order valence-corrected chi connectivity index (χ1v) is 7.48. The van der Waals surface area contributed by atoms with Crippen LogP contribution in [0.25, 0.3) is 0 Å². The second-order valence-electron chi connectivity index (χ2n) is 6.03. The zero-order valence-electron chi connectivity index (χ0n) is 11.7.